The third kappa shape index (κ3) is 2.19. The van der Waals surface area contributed by atoms with Crippen LogP contribution in [0.25, 0.3) is 0 Å². The van der Waals surface area contributed by atoms with Crippen molar-refractivity contribution in [3.8, 4) is 0 Å². The SMILES string of the molecule is CCCCC1(C(C)CC)CN1S(C)=O. The van der Waals surface area contributed by atoms with Crippen LogP contribution in [0.15, 0.2) is 0 Å². The van der Waals surface area contributed by atoms with Crippen molar-refractivity contribution in [1.82, 2.24) is 4.31 Å². The molecular weight excluding hydrogens is 194 g/mol. The van der Waals surface area contributed by atoms with Crippen LogP contribution in [-0.2, 0) is 11.0 Å². The number of hydrogen-bond donors (Lipinski definition) is 0. The molecule has 1 fully saturated rings. The Kier molecular flexibility index (Phi) is 4.14. The van der Waals surface area contributed by atoms with Crippen LogP contribution in [0.3, 0.4) is 0 Å². The summed E-state index contributed by atoms with van der Waals surface area (Å²) in [5.41, 5.74) is 0.282. The van der Waals surface area contributed by atoms with E-state index < -0.39 is 11.0 Å². The highest BCUT2D eigenvalue weighted by Crippen LogP contribution is 2.45. The Bertz CT molecular complexity index is 219. The molecule has 0 N–H and O–H groups in total. The van der Waals surface area contributed by atoms with Gasteiger partial charge in [-0.25, -0.2) is 8.51 Å². The predicted molar refractivity (Wildman–Crippen MR) is 62.5 cm³/mol. The standard InChI is InChI=1S/C11H23NOS/c1-5-7-8-11(10(3)6-2)9-12(11)14(4)13/h10H,5-9H2,1-4H3. The predicted octanol–water partition coefficient (Wildman–Crippen LogP) is 2.57. The number of hydrogen-bond acceptors (Lipinski definition) is 1. The van der Waals surface area contributed by atoms with Crippen LogP contribution in [0.2, 0.25) is 0 Å². The molecule has 1 saturated heterocycles. The molecular formula is C11H23NOS. The average molecular weight is 217 g/mol. The van der Waals surface area contributed by atoms with Gasteiger partial charge in [0.15, 0.2) is 0 Å². The molecule has 0 saturated carbocycles. The van der Waals surface area contributed by atoms with Crippen LogP contribution >= 0.6 is 0 Å². The van der Waals surface area contributed by atoms with Crippen LogP contribution in [0.4, 0.5) is 0 Å². The molecule has 1 aliphatic rings. The van der Waals surface area contributed by atoms with Gasteiger partial charge in [-0.05, 0) is 12.3 Å². The van der Waals surface area contributed by atoms with Crippen LogP contribution in [0, 0.1) is 5.92 Å². The van der Waals surface area contributed by atoms with E-state index in [-0.39, 0.29) is 5.54 Å². The van der Waals surface area contributed by atoms with Crippen molar-refractivity contribution in [3.05, 3.63) is 0 Å². The molecule has 0 aromatic heterocycles. The minimum Gasteiger partial charge on any atom is -0.243 e. The van der Waals surface area contributed by atoms with Gasteiger partial charge in [0.1, 0.15) is 0 Å². The third-order valence-electron chi connectivity index (χ3n) is 3.61. The summed E-state index contributed by atoms with van der Waals surface area (Å²) < 4.78 is 13.6. The molecule has 0 radical (unpaired) electrons. The van der Waals surface area contributed by atoms with E-state index >= 15 is 0 Å². The molecule has 0 spiro atoms. The average Bonchev–Trinajstić information content (AvgIpc) is 2.90. The maximum absolute atomic E-state index is 11.4. The quantitative estimate of drug-likeness (QED) is 0.626. The van der Waals surface area contributed by atoms with Gasteiger partial charge in [0.05, 0.1) is 11.0 Å². The van der Waals surface area contributed by atoms with E-state index in [9.17, 15) is 4.21 Å². The van der Waals surface area contributed by atoms with E-state index in [0.29, 0.717) is 5.92 Å². The third-order valence-corrected chi connectivity index (χ3v) is 4.73. The van der Waals surface area contributed by atoms with Gasteiger partial charge in [-0.3, -0.25) is 0 Å². The van der Waals surface area contributed by atoms with Gasteiger partial charge in [-0.2, -0.15) is 0 Å². The molecule has 0 aromatic carbocycles. The molecule has 1 heterocycles. The second kappa shape index (κ2) is 4.75. The van der Waals surface area contributed by atoms with E-state index in [4.69, 9.17) is 0 Å². The van der Waals surface area contributed by atoms with Crippen LogP contribution in [-0.4, -0.2) is 26.9 Å². The Morgan fingerprint density at radius 3 is 2.50 bits per heavy atom. The highest BCUT2D eigenvalue weighted by molar-refractivity contribution is 7.82. The van der Waals surface area contributed by atoms with Crippen molar-refractivity contribution >= 4 is 11.0 Å². The fourth-order valence-corrected chi connectivity index (χ4v) is 3.46. The summed E-state index contributed by atoms with van der Waals surface area (Å²) in [5.74, 6) is 0.679. The van der Waals surface area contributed by atoms with Crippen LogP contribution in [0.5, 0.6) is 0 Å². The summed E-state index contributed by atoms with van der Waals surface area (Å²) in [5, 5.41) is 0. The van der Waals surface area contributed by atoms with Crippen molar-refractivity contribution < 1.29 is 4.21 Å². The Balaban J connectivity index is 2.60. The fourth-order valence-electron chi connectivity index (χ4n) is 2.27. The number of unbranched alkanes of at least 4 members (excludes halogenated alkanes) is 1. The number of nitrogens with zero attached hydrogens (tertiary/aromatic N) is 1. The van der Waals surface area contributed by atoms with Gasteiger partial charge >= 0.3 is 0 Å². The largest absolute Gasteiger partial charge is 0.243 e. The lowest BCUT2D eigenvalue weighted by Crippen LogP contribution is -2.27. The van der Waals surface area contributed by atoms with Crippen molar-refractivity contribution in [3.63, 3.8) is 0 Å². The van der Waals surface area contributed by atoms with E-state index in [2.05, 4.69) is 25.1 Å². The van der Waals surface area contributed by atoms with Gasteiger partial charge in [-0.15, -0.1) is 0 Å². The van der Waals surface area contributed by atoms with E-state index in [1.54, 1.807) is 6.26 Å². The lowest BCUT2D eigenvalue weighted by Gasteiger charge is -2.22. The fraction of sp³-hybridized carbons (Fsp3) is 1.00. The van der Waals surface area contributed by atoms with Crippen LogP contribution in [0.1, 0.15) is 46.5 Å². The zero-order valence-corrected chi connectivity index (χ0v) is 10.7. The molecule has 84 valence electrons. The molecule has 14 heavy (non-hydrogen) atoms. The highest BCUT2D eigenvalue weighted by Gasteiger charge is 2.56. The molecule has 1 aliphatic heterocycles. The Morgan fingerprint density at radius 1 is 1.50 bits per heavy atom. The topological polar surface area (TPSA) is 20.1 Å². The maximum Gasteiger partial charge on any atom is 0.0917 e. The second-order valence-electron chi connectivity index (χ2n) is 4.48. The Hall–Kier alpha value is 0.110. The molecule has 1 rings (SSSR count). The first-order valence-corrected chi connectivity index (χ1v) is 7.21. The van der Waals surface area contributed by atoms with Gasteiger partial charge < -0.3 is 0 Å². The summed E-state index contributed by atoms with van der Waals surface area (Å²) in [7, 11) is -0.768. The molecule has 0 bridgehead atoms. The van der Waals surface area contributed by atoms with Crippen molar-refractivity contribution in [2.24, 2.45) is 5.92 Å². The molecule has 2 nitrogen and oxygen atoms in total. The summed E-state index contributed by atoms with van der Waals surface area (Å²) in [4.78, 5) is 0. The van der Waals surface area contributed by atoms with Crippen molar-refractivity contribution in [2.75, 3.05) is 12.8 Å². The summed E-state index contributed by atoms with van der Waals surface area (Å²) in [6.45, 7) is 7.79. The first-order valence-electron chi connectivity index (χ1n) is 5.69. The zero-order chi connectivity index (χ0) is 10.8. The van der Waals surface area contributed by atoms with Gasteiger partial charge in [-0.1, -0.05) is 40.0 Å². The normalized spacial score (nSPS) is 35.3. The molecule has 4 atom stereocenters. The Labute approximate surface area is 90.7 Å². The minimum atomic E-state index is -0.768. The number of rotatable bonds is 6. The summed E-state index contributed by atoms with van der Waals surface area (Å²) in [6.07, 6.45) is 6.71. The Morgan fingerprint density at radius 2 is 2.14 bits per heavy atom. The monoisotopic (exact) mass is 217 g/mol. The molecule has 0 aliphatic carbocycles. The van der Waals surface area contributed by atoms with Crippen molar-refractivity contribution in [1.29, 1.82) is 0 Å². The van der Waals surface area contributed by atoms with Gasteiger partial charge in [0, 0.05) is 18.3 Å². The lowest BCUT2D eigenvalue weighted by molar-refractivity contribution is 0.337. The zero-order valence-electron chi connectivity index (χ0n) is 9.88. The van der Waals surface area contributed by atoms with Crippen molar-refractivity contribution in [2.45, 2.75) is 52.0 Å². The van der Waals surface area contributed by atoms with E-state index in [1.165, 1.54) is 25.7 Å². The van der Waals surface area contributed by atoms with Crippen LogP contribution < -0.4 is 0 Å². The summed E-state index contributed by atoms with van der Waals surface area (Å²) in [6, 6.07) is 0. The second-order valence-corrected chi connectivity index (χ2v) is 5.77. The maximum atomic E-state index is 11.4. The first-order chi connectivity index (χ1) is 6.58. The van der Waals surface area contributed by atoms with E-state index in [0.717, 1.165) is 6.54 Å². The van der Waals surface area contributed by atoms with E-state index in [1.807, 2.05) is 0 Å². The minimum absolute atomic E-state index is 0.282. The molecule has 4 unspecified atom stereocenters. The first kappa shape index (κ1) is 12.2. The smallest absolute Gasteiger partial charge is 0.0917 e. The molecule has 0 aromatic rings. The lowest BCUT2D eigenvalue weighted by atomic mass is 9.87. The highest BCUT2D eigenvalue weighted by atomic mass is 32.2. The van der Waals surface area contributed by atoms with Gasteiger partial charge in [0.25, 0.3) is 0 Å². The molecule has 3 heteroatoms. The summed E-state index contributed by atoms with van der Waals surface area (Å²) >= 11 is 0. The molecule has 0 amide bonds. The van der Waals surface area contributed by atoms with Gasteiger partial charge in [0.2, 0.25) is 0 Å².